The zero-order chi connectivity index (χ0) is 14.0. The Bertz CT molecular complexity index is 433. The summed E-state index contributed by atoms with van der Waals surface area (Å²) in [5.74, 6) is -0.0540. The maximum atomic E-state index is 12.3. The van der Waals surface area contributed by atoms with Gasteiger partial charge in [0, 0.05) is 19.1 Å². The largest absolute Gasteiger partial charge is 0.340 e. The molecule has 1 aliphatic carbocycles. The second kappa shape index (κ2) is 6.16. The summed E-state index contributed by atoms with van der Waals surface area (Å²) in [5.41, 5.74) is 0.452. The molecule has 1 saturated carbocycles. The van der Waals surface area contributed by atoms with Crippen LogP contribution >= 0.6 is 23.2 Å². The molecule has 0 aliphatic heterocycles. The van der Waals surface area contributed by atoms with Gasteiger partial charge in [0.2, 0.25) is 0 Å². The molecule has 0 spiro atoms. The molecule has 0 saturated heterocycles. The summed E-state index contributed by atoms with van der Waals surface area (Å²) in [6.45, 7) is 0. The molecule has 0 unspecified atom stereocenters. The van der Waals surface area contributed by atoms with Gasteiger partial charge in [-0.1, -0.05) is 23.2 Å². The van der Waals surface area contributed by atoms with Crippen LogP contribution in [-0.2, 0) is 0 Å². The first-order valence-corrected chi connectivity index (χ1v) is 7.27. The molecule has 0 radical (unpaired) electrons. The number of halogens is 2. The molecule has 1 fully saturated rings. The molecule has 0 bridgehead atoms. The number of aromatic amines is 1. The summed E-state index contributed by atoms with van der Waals surface area (Å²) in [6.07, 6.45) is 4.25. The number of carbonyl (C=O) groups excluding carboxylic acids is 1. The normalized spacial score (nSPS) is 23.4. The molecule has 2 rings (SSSR count). The van der Waals surface area contributed by atoms with Gasteiger partial charge in [-0.2, -0.15) is 0 Å². The Labute approximate surface area is 123 Å². The summed E-state index contributed by atoms with van der Waals surface area (Å²) < 4.78 is 0. The molecule has 19 heavy (non-hydrogen) atoms. The van der Waals surface area contributed by atoms with Crippen molar-refractivity contribution in [3.8, 4) is 0 Å². The molecular formula is C13H19Cl2N3O. The minimum absolute atomic E-state index is 0.0540. The molecule has 2 N–H and O–H groups in total. The number of nitrogens with zero attached hydrogens (tertiary/aromatic N) is 1. The summed E-state index contributed by atoms with van der Waals surface area (Å²) in [4.78, 5) is 16.9. The van der Waals surface area contributed by atoms with E-state index >= 15 is 0 Å². The number of hydrogen-bond donors (Lipinski definition) is 2. The van der Waals surface area contributed by atoms with E-state index in [-0.39, 0.29) is 11.9 Å². The Morgan fingerprint density at radius 1 is 1.37 bits per heavy atom. The number of rotatable bonds is 3. The van der Waals surface area contributed by atoms with Crippen LogP contribution in [0.15, 0.2) is 6.07 Å². The SMILES string of the molecule is CNC1CCC(N(C)C(=O)c2cc(Cl)c(Cl)[nH]2)CC1. The lowest BCUT2D eigenvalue weighted by Crippen LogP contribution is -2.42. The molecule has 0 aromatic carbocycles. The Morgan fingerprint density at radius 3 is 2.47 bits per heavy atom. The molecular weight excluding hydrogens is 285 g/mol. The Kier molecular flexibility index (Phi) is 4.76. The quantitative estimate of drug-likeness (QED) is 0.902. The van der Waals surface area contributed by atoms with E-state index in [0.29, 0.717) is 21.9 Å². The van der Waals surface area contributed by atoms with Crippen LogP contribution in [0.4, 0.5) is 0 Å². The predicted molar refractivity (Wildman–Crippen MR) is 78.0 cm³/mol. The highest BCUT2D eigenvalue weighted by Crippen LogP contribution is 2.26. The number of carbonyl (C=O) groups is 1. The molecule has 1 heterocycles. The average Bonchev–Trinajstić information content (AvgIpc) is 2.77. The third-order valence-corrected chi connectivity index (χ3v) is 4.62. The van der Waals surface area contributed by atoms with E-state index < -0.39 is 0 Å². The van der Waals surface area contributed by atoms with Gasteiger partial charge in [0.1, 0.15) is 10.8 Å². The van der Waals surface area contributed by atoms with Gasteiger partial charge >= 0.3 is 0 Å². The van der Waals surface area contributed by atoms with Gasteiger partial charge in [0.25, 0.3) is 5.91 Å². The predicted octanol–water partition coefficient (Wildman–Crippen LogP) is 2.92. The number of nitrogens with one attached hydrogen (secondary N) is 2. The maximum absolute atomic E-state index is 12.3. The lowest BCUT2D eigenvalue weighted by atomic mass is 9.90. The van der Waals surface area contributed by atoms with Crippen molar-refractivity contribution in [2.75, 3.05) is 14.1 Å². The molecule has 106 valence electrons. The lowest BCUT2D eigenvalue weighted by Gasteiger charge is -2.34. The highest BCUT2D eigenvalue weighted by Gasteiger charge is 2.27. The van der Waals surface area contributed by atoms with E-state index in [1.165, 1.54) is 0 Å². The Balaban J connectivity index is 2.00. The standard InChI is InChI=1S/C13H19Cl2N3O/c1-16-8-3-5-9(6-4-8)18(2)13(19)11-7-10(14)12(15)17-11/h7-9,16-17H,3-6H2,1-2H3. The maximum Gasteiger partial charge on any atom is 0.270 e. The van der Waals surface area contributed by atoms with E-state index in [0.717, 1.165) is 25.7 Å². The van der Waals surface area contributed by atoms with Gasteiger partial charge in [-0.25, -0.2) is 0 Å². The fourth-order valence-corrected chi connectivity index (χ4v) is 2.94. The third-order valence-electron chi connectivity index (χ3n) is 3.93. The van der Waals surface area contributed by atoms with Crippen LogP contribution in [0, 0.1) is 0 Å². The van der Waals surface area contributed by atoms with Crippen molar-refractivity contribution in [3.05, 3.63) is 21.9 Å². The van der Waals surface area contributed by atoms with Crippen LogP contribution in [0.5, 0.6) is 0 Å². The van der Waals surface area contributed by atoms with Gasteiger partial charge in [-0.05, 0) is 38.8 Å². The lowest BCUT2D eigenvalue weighted by molar-refractivity contribution is 0.0680. The fraction of sp³-hybridized carbons (Fsp3) is 0.615. The van der Waals surface area contributed by atoms with E-state index in [9.17, 15) is 4.79 Å². The monoisotopic (exact) mass is 303 g/mol. The average molecular weight is 304 g/mol. The van der Waals surface area contributed by atoms with E-state index in [1.54, 1.807) is 11.0 Å². The van der Waals surface area contributed by atoms with E-state index in [4.69, 9.17) is 23.2 Å². The summed E-state index contributed by atoms with van der Waals surface area (Å²) in [7, 11) is 3.83. The second-order valence-electron chi connectivity index (χ2n) is 5.06. The summed E-state index contributed by atoms with van der Waals surface area (Å²) in [5, 5.41) is 3.99. The highest BCUT2D eigenvalue weighted by molar-refractivity contribution is 6.41. The van der Waals surface area contributed by atoms with Crippen molar-refractivity contribution < 1.29 is 4.79 Å². The van der Waals surface area contributed by atoms with Gasteiger partial charge in [-0.15, -0.1) is 0 Å². The zero-order valence-corrected chi connectivity index (χ0v) is 12.7. The number of hydrogen-bond acceptors (Lipinski definition) is 2. The molecule has 1 aliphatic rings. The van der Waals surface area contributed by atoms with Crippen LogP contribution in [0.2, 0.25) is 10.2 Å². The van der Waals surface area contributed by atoms with E-state index in [2.05, 4.69) is 10.3 Å². The number of aromatic nitrogens is 1. The third kappa shape index (κ3) is 3.25. The van der Waals surface area contributed by atoms with Gasteiger partial charge in [0.15, 0.2) is 0 Å². The van der Waals surface area contributed by atoms with Crippen LogP contribution in [-0.4, -0.2) is 42.0 Å². The number of amides is 1. The van der Waals surface area contributed by atoms with Gasteiger partial charge < -0.3 is 15.2 Å². The minimum Gasteiger partial charge on any atom is -0.340 e. The number of H-pyrrole nitrogens is 1. The smallest absolute Gasteiger partial charge is 0.270 e. The summed E-state index contributed by atoms with van der Waals surface area (Å²) >= 11 is 11.7. The zero-order valence-electron chi connectivity index (χ0n) is 11.2. The molecule has 1 aromatic heterocycles. The van der Waals surface area contributed by atoms with Crippen LogP contribution in [0.3, 0.4) is 0 Å². The first-order valence-electron chi connectivity index (χ1n) is 6.51. The molecule has 1 amide bonds. The van der Waals surface area contributed by atoms with Gasteiger partial charge in [-0.3, -0.25) is 4.79 Å². The molecule has 1 aromatic rings. The van der Waals surface area contributed by atoms with Crippen molar-refractivity contribution in [3.63, 3.8) is 0 Å². The van der Waals surface area contributed by atoms with Crippen molar-refractivity contribution in [1.29, 1.82) is 0 Å². The van der Waals surface area contributed by atoms with Crippen LogP contribution < -0.4 is 5.32 Å². The van der Waals surface area contributed by atoms with E-state index in [1.807, 2.05) is 14.1 Å². The fourth-order valence-electron chi connectivity index (χ4n) is 2.63. The Hall–Kier alpha value is -0.710. The van der Waals surface area contributed by atoms with Crippen molar-refractivity contribution in [1.82, 2.24) is 15.2 Å². The van der Waals surface area contributed by atoms with Crippen LogP contribution in [0.1, 0.15) is 36.2 Å². The molecule has 0 atom stereocenters. The van der Waals surface area contributed by atoms with Crippen molar-refractivity contribution in [2.45, 2.75) is 37.8 Å². The highest BCUT2D eigenvalue weighted by atomic mass is 35.5. The first kappa shape index (κ1) is 14.7. The van der Waals surface area contributed by atoms with Gasteiger partial charge in [0.05, 0.1) is 5.02 Å². The van der Waals surface area contributed by atoms with Crippen molar-refractivity contribution in [2.24, 2.45) is 0 Å². The Morgan fingerprint density at radius 2 is 2.00 bits per heavy atom. The first-order chi connectivity index (χ1) is 9.02. The molecule has 6 heteroatoms. The topological polar surface area (TPSA) is 48.1 Å². The van der Waals surface area contributed by atoms with Crippen LogP contribution in [0.25, 0.3) is 0 Å². The summed E-state index contributed by atoms with van der Waals surface area (Å²) in [6, 6.07) is 2.45. The minimum atomic E-state index is -0.0540. The van der Waals surface area contributed by atoms with Crippen molar-refractivity contribution >= 4 is 29.1 Å². The molecule has 4 nitrogen and oxygen atoms in total. The second-order valence-corrected chi connectivity index (χ2v) is 5.84.